The molecule has 0 aromatic heterocycles. The highest BCUT2D eigenvalue weighted by Crippen LogP contribution is 2.35. The van der Waals surface area contributed by atoms with E-state index in [4.69, 9.17) is 14.2 Å². The Kier molecular flexibility index (Phi) is 16.6. The van der Waals surface area contributed by atoms with E-state index in [0.717, 1.165) is 57.4 Å². The van der Waals surface area contributed by atoms with Crippen molar-refractivity contribution >= 4 is 0 Å². The van der Waals surface area contributed by atoms with Crippen molar-refractivity contribution in [1.82, 2.24) is 0 Å². The summed E-state index contributed by atoms with van der Waals surface area (Å²) >= 11 is 0. The van der Waals surface area contributed by atoms with Crippen molar-refractivity contribution < 1.29 is 27.4 Å². The van der Waals surface area contributed by atoms with Gasteiger partial charge in [-0.05, 0) is 56.6 Å². The average molecular weight is 503 g/mol. The van der Waals surface area contributed by atoms with Crippen LogP contribution >= 0.6 is 0 Å². The molecule has 35 heavy (non-hydrogen) atoms. The lowest BCUT2D eigenvalue weighted by Crippen LogP contribution is -2.47. The maximum absolute atomic E-state index is 13.1. The van der Waals surface area contributed by atoms with Crippen molar-refractivity contribution in [2.24, 2.45) is 5.92 Å². The summed E-state index contributed by atoms with van der Waals surface area (Å²) in [4.78, 5) is 0. The molecular formula is C29H49F3O3. The topological polar surface area (TPSA) is 27.7 Å². The zero-order valence-corrected chi connectivity index (χ0v) is 22.6. The molecule has 1 aromatic rings. The molecule has 0 aliphatic heterocycles. The Labute approximate surface area is 212 Å². The predicted molar refractivity (Wildman–Crippen MR) is 137 cm³/mol. The summed E-state index contributed by atoms with van der Waals surface area (Å²) in [5.41, 5.74) is 0.124. The first kappa shape index (κ1) is 31.9. The Balaban J connectivity index is 2.97. The van der Waals surface area contributed by atoms with Crippen molar-refractivity contribution in [3.63, 3.8) is 0 Å². The molecule has 0 bridgehead atoms. The third-order valence-electron chi connectivity index (χ3n) is 6.20. The van der Waals surface area contributed by atoms with Gasteiger partial charge >= 0.3 is 6.18 Å². The molecule has 3 nitrogen and oxygen atoms in total. The number of hydrogen-bond acceptors (Lipinski definition) is 3. The van der Waals surface area contributed by atoms with Gasteiger partial charge in [-0.15, -0.1) is 0 Å². The Bertz CT molecular complexity index is 627. The van der Waals surface area contributed by atoms with Gasteiger partial charge < -0.3 is 14.2 Å². The number of benzene rings is 1. The van der Waals surface area contributed by atoms with Gasteiger partial charge in [0.1, 0.15) is 0 Å². The monoisotopic (exact) mass is 502 g/mol. The van der Waals surface area contributed by atoms with Crippen LogP contribution in [0.15, 0.2) is 24.3 Å². The van der Waals surface area contributed by atoms with Crippen LogP contribution in [0, 0.1) is 5.92 Å². The summed E-state index contributed by atoms with van der Waals surface area (Å²) in [6, 6.07) is 5.67. The molecule has 0 radical (unpaired) electrons. The molecule has 6 heteroatoms. The van der Waals surface area contributed by atoms with E-state index in [9.17, 15) is 13.2 Å². The van der Waals surface area contributed by atoms with E-state index in [2.05, 4.69) is 27.7 Å². The molecule has 0 N–H and O–H groups in total. The Morgan fingerprint density at radius 1 is 0.686 bits per heavy atom. The largest absolute Gasteiger partial charge is 0.416 e. The second-order valence-electron chi connectivity index (χ2n) is 9.49. The molecule has 1 rings (SSSR count). The zero-order valence-electron chi connectivity index (χ0n) is 22.6. The third-order valence-corrected chi connectivity index (χ3v) is 6.20. The van der Waals surface area contributed by atoms with Crippen LogP contribution < -0.4 is 0 Å². The van der Waals surface area contributed by atoms with Gasteiger partial charge in [0.15, 0.2) is 0 Å². The second kappa shape index (κ2) is 18.2. The van der Waals surface area contributed by atoms with Gasteiger partial charge in [-0.25, -0.2) is 0 Å². The predicted octanol–water partition coefficient (Wildman–Crippen LogP) is 9.33. The van der Waals surface area contributed by atoms with Crippen molar-refractivity contribution in [2.45, 2.75) is 123 Å². The van der Waals surface area contributed by atoms with Crippen molar-refractivity contribution in [2.75, 3.05) is 19.8 Å². The van der Waals surface area contributed by atoms with Gasteiger partial charge in [0.25, 0.3) is 5.97 Å². The fourth-order valence-corrected chi connectivity index (χ4v) is 4.34. The number of alkyl halides is 3. The third kappa shape index (κ3) is 12.6. The van der Waals surface area contributed by atoms with E-state index in [1.54, 1.807) is 6.07 Å². The second-order valence-corrected chi connectivity index (χ2v) is 9.49. The van der Waals surface area contributed by atoms with E-state index < -0.39 is 17.7 Å². The van der Waals surface area contributed by atoms with Crippen LogP contribution in [0.3, 0.4) is 0 Å². The van der Waals surface area contributed by atoms with Crippen LogP contribution in [-0.2, 0) is 26.8 Å². The van der Waals surface area contributed by atoms with E-state index in [1.165, 1.54) is 37.8 Å². The molecule has 1 unspecified atom stereocenters. The van der Waals surface area contributed by atoms with E-state index in [0.29, 0.717) is 31.8 Å². The normalized spacial score (nSPS) is 13.3. The lowest BCUT2D eigenvalue weighted by atomic mass is 9.91. The van der Waals surface area contributed by atoms with Crippen LogP contribution in [0.1, 0.15) is 116 Å². The molecule has 1 atom stereocenters. The highest BCUT2D eigenvalue weighted by Gasteiger charge is 2.42. The molecule has 0 heterocycles. The molecular weight excluding hydrogens is 453 g/mol. The quantitative estimate of drug-likeness (QED) is 0.124. The van der Waals surface area contributed by atoms with Crippen LogP contribution in [0.2, 0.25) is 0 Å². The Hall–Kier alpha value is -1.11. The van der Waals surface area contributed by atoms with Gasteiger partial charge in [0.05, 0.1) is 25.4 Å². The highest BCUT2D eigenvalue weighted by atomic mass is 19.4. The van der Waals surface area contributed by atoms with Gasteiger partial charge in [0, 0.05) is 5.92 Å². The molecule has 1 aromatic carbocycles. The maximum atomic E-state index is 13.1. The first-order valence-corrected chi connectivity index (χ1v) is 13.9. The molecule has 0 fully saturated rings. The van der Waals surface area contributed by atoms with E-state index in [-0.39, 0.29) is 5.92 Å². The van der Waals surface area contributed by atoms with Gasteiger partial charge in [-0.3, -0.25) is 0 Å². The van der Waals surface area contributed by atoms with Crippen molar-refractivity contribution in [3.05, 3.63) is 35.4 Å². The minimum atomic E-state index is -4.32. The lowest BCUT2D eigenvalue weighted by molar-refractivity contribution is -0.406. The molecule has 0 spiro atoms. The minimum absolute atomic E-state index is 0.0316. The fourth-order valence-electron chi connectivity index (χ4n) is 4.34. The summed E-state index contributed by atoms with van der Waals surface area (Å²) in [5, 5.41) is 0. The fraction of sp³-hybridized carbons (Fsp3) is 0.793. The smallest absolute Gasteiger partial charge is 0.327 e. The summed E-state index contributed by atoms with van der Waals surface area (Å²) in [6.07, 6.45) is 8.51. The molecule has 0 saturated carbocycles. The molecule has 0 amide bonds. The molecule has 0 aliphatic rings. The first-order valence-electron chi connectivity index (χ1n) is 13.9. The Morgan fingerprint density at radius 3 is 1.77 bits per heavy atom. The number of halogens is 3. The standard InChI is InChI=1S/C29H49F3O3/c1-5-9-10-11-12-13-18-26(29(33-21-6-2,34-22-7-3)35-23-8-4)19-14-16-25-17-15-20-27(24-25)28(30,31)32/h15,17,20,24,26H,5-14,16,18-19,21-23H2,1-4H3. The van der Waals surface area contributed by atoms with Crippen LogP contribution in [-0.4, -0.2) is 25.8 Å². The van der Waals surface area contributed by atoms with Gasteiger partial charge in [-0.1, -0.05) is 84.4 Å². The molecule has 0 saturated heterocycles. The maximum Gasteiger partial charge on any atom is 0.416 e. The van der Waals surface area contributed by atoms with Crippen molar-refractivity contribution in [1.29, 1.82) is 0 Å². The highest BCUT2D eigenvalue weighted by molar-refractivity contribution is 5.25. The first-order chi connectivity index (χ1) is 16.8. The number of unbranched alkanes of at least 4 members (excludes halogenated alkanes) is 5. The Morgan fingerprint density at radius 2 is 1.23 bits per heavy atom. The molecule has 204 valence electrons. The van der Waals surface area contributed by atoms with Crippen LogP contribution in [0.25, 0.3) is 0 Å². The van der Waals surface area contributed by atoms with Gasteiger partial charge in [0.2, 0.25) is 0 Å². The van der Waals surface area contributed by atoms with E-state index >= 15 is 0 Å². The van der Waals surface area contributed by atoms with Crippen LogP contribution in [0.4, 0.5) is 13.2 Å². The zero-order chi connectivity index (χ0) is 26.0. The number of aryl methyl sites for hydroxylation is 1. The summed E-state index contributed by atoms with van der Waals surface area (Å²) in [5.74, 6) is -1.05. The van der Waals surface area contributed by atoms with Gasteiger partial charge in [-0.2, -0.15) is 13.2 Å². The SMILES string of the molecule is CCCCCCCCC(CCCc1cccc(C(F)(F)F)c1)C(OCCC)(OCCC)OCCC. The van der Waals surface area contributed by atoms with Crippen LogP contribution in [0.5, 0.6) is 0 Å². The van der Waals surface area contributed by atoms with E-state index in [1.807, 2.05) is 0 Å². The summed E-state index contributed by atoms with van der Waals surface area (Å²) in [7, 11) is 0. The summed E-state index contributed by atoms with van der Waals surface area (Å²) < 4.78 is 58.3. The number of hydrogen-bond donors (Lipinski definition) is 0. The summed E-state index contributed by atoms with van der Waals surface area (Å²) in [6.45, 7) is 10.1. The molecule has 0 aliphatic carbocycles. The van der Waals surface area contributed by atoms with Crippen molar-refractivity contribution in [3.8, 4) is 0 Å². The average Bonchev–Trinajstić information content (AvgIpc) is 2.84. The number of rotatable bonds is 21. The minimum Gasteiger partial charge on any atom is -0.327 e. The number of ether oxygens (including phenoxy) is 3. The lowest BCUT2D eigenvalue weighted by Gasteiger charge is -2.40.